The molecule has 166 valence electrons. The molecule has 2 aliphatic rings. The lowest BCUT2D eigenvalue weighted by Crippen LogP contribution is -2.44. The predicted molar refractivity (Wildman–Crippen MR) is 118 cm³/mol. The number of nitrogens with one attached hydrogen (secondary N) is 1. The summed E-state index contributed by atoms with van der Waals surface area (Å²) in [5.74, 6) is 0.854. The molecule has 4 rings (SSSR count). The van der Waals surface area contributed by atoms with Crippen LogP contribution < -0.4 is 20.9 Å². The maximum absolute atomic E-state index is 13.8. The minimum absolute atomic E-state index is 0.105. The van der Waals surface area contributed by atoms with Crippen molar-refractivity contribution in [1.82, 2.24) is 4.98 Å². The Morgan fingerprint density at radius 2 is 1.77 bits per heavy atom. The Balaban J connectivity index is 1.51. The minimum atomic E-state index is -1.27. The summed E-state index contributed by atoms with van der Waals surface area (Å²) in [6.07, 6.45) is -0.0881. The fraction of sp³-hybridized carbons (Fsp3) is 0.476. The van der Waals surface area contributed by atoms with Gasteiger partial charge in [0, 0.05) is 43.1 Å². The van der Waals surface area contributed by atoms with E-state index in [0.29, 0.717) is 24.5 Å². The van der Waals surface area contributed by atoms with E-state index >= 15 is 0 Å². The van der Waals surface area contributed by atoms with E-state index in [-0.39, 0.29) is 24.1 Å². The molecule has 0 radical (unpaired) electrons. The number of alkyl halides is 1. The number of nitrogens with two attached hydrogens (primary N) is 1. The predicted octanol–water partition coefficient (Wildman–Crippen LogP) is 2.57. The van der Waals surface area contributed by atoms with Gasteiger partial charge in [-0.15, -0.1) is 0 Å². The molecule has 0 bridgehead atoms. The van der Waals surface area contributed by atoms with Crippen LogP contribution in [0.15, 0.2) is 36.4 Å². The Bertz CT molecular complexity index is 920. The number of rotatable bonds is 5. The number of pyridine rings is 1. The van der Waals surface area contributed by atoms with Gasteiger partial charge in [-0.3, -0.25) is 10.1 Å². The molecule has 2 fully saturated rings. The summed E-state index contributed by atoms with van der Waals surface area (Å²) in [5, 5.41) is 24.1. The number of anilines is 4. The lowest BCUT2D eigenvalue weighted by molar-refractivity contribution is -0.384. The molecule has 0 saturated carbocycles. The number of nitro groups is 1. The first-order chi connectivity index (χ1) is 14.9. The molecular formula is C21H27FN6O3. The lowest BCUT2D eigenvalue weighted by Gasteiger charge is -2.34. The van der Waals surface area contributed by atoms with Crippen LogP contribution in [0.1, 0.15) is 19.3 Å². The molecule has 0 amide bonds. The number of hydrogen-bond acceptors (Lipinski definition) is 8. The van der Waals surface area contributed by atoms with Crippen LogP contribution in [0, 0.1) is 10.1 Å². The number of hydrogen-bond donors (Lipinski definition) is 3. The van der Waals surface area contributed by atoms with Gasteiger partial charge >= 0.3 is 5.69 Å². The number of halogens is 1. The van der Waals surface area contributed by atoms with Gasteiger partial charge in [-0.05, 0) is 49.6 Å². The molecule has 2 saturated heterocycles. The number of aliphatic hydroxyl groups excluding tert-OH is 1. The van der Waals surface area contributed by atoms with Gasteiger partial charge in [0.15, 0.2) is 0 Å². The van der Waals surface area contributed by atoms with Crippen LogP contribution in [0.2, 0.25) is 0 Å². The zero-order valence-corrected chi connectivity index (χ0v) is 17.2. The fourth-order valence-corrected chi connectivity index (χ4v) is 4.00. The molecule has 3 heterocycles. The topological polar surface area (TPSA) is 121 Å². The van der Waals surface area contributed by atoms with Gasteiger partial charge in [-0.25, -0.2) is 9.37 Å². The van der Waals surface area contributed by atoms with Gasteiger partial charge in [0.1, 0.15) is 12.0 Å². The van der Waals surface area contributed by atoms with E-state index in [9.17, 15) is 19.6 Å². The summed E-state index contributed by atoms with van der Waals surface area (Å²) in [7, 11) is 0. The van der Waals surface area contributed by atoms with Gasteiger partial charge in [-0.1, -0.05) is 0 Å². The normalized spacial score (nSPS) is 22.4. The maximum atomic E-state index is 13.8. The molecule has 2 unspecified atom stereocenters. The molecule has 10 heteroatoms. The van der Waals surface area contributed by atoms with Crippen LogP contribution in [-0.4, -0.2) is 59.5 Å². The zero-order valence-electron chi connectivity index (χ0n) is 17.2. The SMILES string of the molecule is NC1CCN(c2ccc([N+](=O)[O-])c(Nc3ccc(N4CCC(O)C(F)C4)cc3)n2)CC1. The zero-order chi connectivity index (χ0) is 22.0. The van der Waals surface area contributed by atoms with E-state index in [2.05, 4.69) is 15.2 Å². The smallest absolute Gasteiger partial charge is 0.311 e. The molecule has 1 aromatic carbocycles. The average Bonchev–Trinajstić information content (AvgIpc) is 2.76. The van der Waals surface area contributed by atoms with E-state index in [1.165, 1.54) is 6.07 Å². The second-order valence-corrected chi connectivity index (χ2v) is 8.11. The second kappa shape index (κ2) is 9.03. The maximum Gasteiger partial charge on any atom is 0.311 e. The third-order valence-electron chi connectivity index (χ3n) is 5.92. The van der Waals surface area contributed by atoms with Crippen LogP contribution in [0.5, 0.6) is 0 Å². The summed E-state index contributed by atoms with van der Waals surface area (Å²) >= 11 is 0. The number of aromatic nitrogens is 1. The molecule has 9 nitrogen and oxygen atoms in total. The van der Waals surface area contributed by atoms with Crippen molar-refractivity contribution in [3.63, 3.8) is 0 Å². The third kappa shape index (κ3) is 4.86. The summed E-state index contributed by atoms with van der Waals surface area (Å²) in [4.78, 5) is 19.5. The Hall–Kier alpha value is -2.98. The van der Waals surface area contributed by atoms with Crippen molar-refractivity contribution < 1.29 is 14.4 Å². The standard InChI is InChI=1S/C21H27FN6O3/c22-17-13-27(12-9-19(17)29)16-3-1-15(2-4-16)24-21-18(28(30)31)5-6-20(25-21)26-10-7-14(23)8-11-26/h1-6,14,17,19,29H,7-13,23H2,(H,24,25). The van der Waals surface area contributed by atoms with Gasteiger partial charge < -0.3 is 26.0 Å². The minimum Gasteiger partial charge on any atom is -0.390 e. The highest BCUT2D eigenvalue weighted by Crippen LogP contribution is 2.31. The van der Waals surface area contributed by atoms with Crippen molar-refractivity contribution in [2.24, 2.45) is 5.73 Å². The highest BCUT2D eigenvalue weighted by Gasteiger charge is 2.27. The Morgan fingerprint density at radius 1 is 1.10 bits per heavy atom. The van der Waals surface area contributed by atoms with Crippen LogP contribution in [0.4, 0.5) is 33.1 Å². The Morgan fingerprint density at radius 3 is 2.42 bits per heavy atom. The van der Waals surface area contributed by atoms with E-state index < -0.39 is 17.2 Å². The highest BCUT2D eigenvalue weighted by atomic mass is 19.1. The lowest BCUT2D eigenvalue weighted by atomic mass is 10.1. The summed E-state index contributed by atoms with van der Waals surface area (Å²) in [5.41, 5.74) is 7.34. The quantitative estimate of drug-likeness (QED) is 0.489. The van der Waals surface area contributed by atoms with Crippen molar-refractivity contribution in [2.45, 2.75) is 37.6 Å². The molecule has 31 heavy (non-hydrogen) atoms. The average molecular weight is 430 g/mol. The van der Waals surface area contributed by atoms with Crippen molar-refractivity contribution in [1.29, 1.82) is 0 Å². The van der Waals surface area contributed by atoms with Crippen LogP contribution in [0.25, 0.3) is 0 Å². The third-order valence-corrected chi connectivity index (χ3v) is 5.92. The monoisotopic (exact) mass is 430 g/mol. The molecule has 2 aromatic rings. The Labute approximate surface area is 179 Å². The molecule has 2 aliphatic heterocycles. The first kappa shape index (κ1) is 21.3. The first-order valence-corrected chi connectivity index (χ1v) is 10.5. The molecule has 2 atom stereocenters. The molecule has 0 spiro atoms. The van der Waals surface area contributed by atoms with Crippen LogP contribution in [-0.2, 0) is 0 Å². The van der Waals surface area contributed by atoms with Gasteiger partial charge in [0.05, 0.1) is 17.6 Å². The molecule has 4 N–H and O–H groups in total. The van der Waals surface area contributed by atoms with Gasteiger partial charge in [0.2, 0.25) is 5.82 Å². The van der Waals surface area contributed by atoms with E-state index in [1.54, 1.807) is 18.2 Å². The first-order valence-electron chi connectivity index (χ1n) is 10.5. The fourth-order valence-electron chi connectivity index (χ4n) is 4.00. The molecular weight excluding hydrogens is 403 g/mol. The van der Waals surface area contributed by atoms with E-state index in [4.69, 9.17) is 5.73 Å². The van der Waals surface area contributed by atoms with Crippen LogP contribution >= 0.6 is 0 Å². The highest BCUT2D eigenvalue weighted by molar-refractivity contribution is 5.69. The summed E-state index contributed by atoms with van der Waals surface area (Å²) < 4.78 is 13.8. The van der Waals surface area contributed by atoms with Gasteiger partial charge in [0.25, 0.3) is 0 Å². The number of benzene rings is 1. The summed E-state index contributed by atoms with van der Waals surface area (Å²) in [6, 6.07) is 10.5. The molecule has 0 aliphatic carbocycles. The van der Waals surface area contributed by atoms with Crippen molar-refractivity contribution >= 4 is 28.7 Å². The number of nitrogens with zero attached hydrogens (tertiary/aromatic N) is 4. The van der Waals surface area contributed by atoms with E-state index in [1.807, 2.05) is 17.0 Å². The number of aliphatic hydroxyl groups is 1. The van der Waals surface area contributed by atoms with Crippen molar-refractivity contribution in [3.8, 4) is 0 Å². The Kier molecular flexibility index (Phi) is 6.19. The molecule has 1 aromatic heterocycles. The largest absolute Gasteiger partial charge is 0.390 e. The van der Waals surface area contributed by atoms with Gasteiger partial charge in [-0.2, -0.15) is 0 Å². The van der Waals surface area contributed by atoms with Crippen LogP contribution in [0.3, 0.4) is 0 Å². The second-order valence-electron chi connectivity index (χ2n) is 8.11. The van der Waals surface area contributed by atoms with Crippen molar-refractivity contribution in [2.75, 3.05) is 41.3 Å². The summed E-state index contributed by atoms with van der Waals surface area (Å²) in [6.45, 7) is 2.24. The number of piperidine rings is 2. The van der Waals surface area contributed by atoms with E-state index in [0.717, 1.165) is 31.6 Å². The van der Waals surface area contributed by atoms with Crippen molar-refractivity contribution in [3.05, 3.63) is 46.5 Å².